The number of benzene rings is 3. The Morgan fingerprint density at radius 2 is 1.79 bits per heavy atom. The summed E-state index contributed by atoms with van der Waals surface area (Å²) in [5.41, 5.74) is 2.09. The lowest BCUT2D eigenvalue weighted by Gasteiger charge is -2.09. The number of carbonyl (C=O) groups excluding carboxylic acids is 1. The van der Waals surface area contributed by atoms with Gasteiger partial charge < -0.3 is 5.32 Å². The molecule has 0 saturated heterocycles. The number of amides is 1. The molecule has 0 saturated carbocycles. The van der Waals surface area contributed by atoms with Crippen LogP contribution in [0.5, 0.6) is 0 Å². The number of rotatable bonds is 3. The molecule has 1 N–H and O–H groups in total. The smallest absolute Gasteiger partial charge is 0.256 e. The van der Waals surface area contributed by atoms with Gasteiger partial charge in [0.05, 0.1) is 5.69 Å². The molecule has 0 atom stereocenters. The van der Waals surface area contributed by atoms with Crippen LogP contribution in [0.1, 0.15) is 10.4 Å². The summed E-state index contributed by atoms with van der Waals surface area (Å²) in [6, 6.07) is 20.9. The molecule has 0 fully saturated rings. The molecule has 0 radical (unpaired) electrons. The molecule has 4 rings (SSSR count). The van der Waals surface area contributed by atoms with Gasteiger partial charge in [-0.3, -0.25) is 4.79 Å². The Morgan fingerprint density at radius 3 is 2.67 bits per heavy atom. The lowest BCUT2D eigenvalue weighted by molar-refractivity contribution is 0.102. The third-order valence-electron chi connectivity index (χ3n) is 3.75. The Labute approximate surface area is 137 Å². The lowest BCUT2D eigenvalue weighted by Crippen LogP contribution is -2.12. The summed E-state index contributed by atoms with van der Waals surface area (Å²) in [7, 11) is 0. The number of aromatic nitrogens is 4. The minimum Gasteiger partial charge on any atom is -0.322 e. The summed E-state index contributed by atoms with van der Waals surface area (Å²) in [5.74, 6) is -0.152. The zero-order chi connectivity index (χ0) is 16.4. The molecule has 0 spiro atoms. The molecule has 6 heteroatoms. The maximum Gasteiger partial charge on any atom is 0.256 e. The standard InChI is InChI=1S/C18H13N5O/c24-18(17-10-3-6-13-5-1-2-9-16(13)17)20-14-7-4-8-15(11-14)23-12-19-21-22-23/h1-12H,(H,20,24). The van der Waals surface area contributed by atoms with Crippen molar-refractivity contribution >= 4 is 22.4 Å². The largest absolute Gasteiger partial charge is 0.322 e. The Bertz CT molecular complexity index is 1010. The fourth-order valence-electron chi connectivity index (χ4n) is 2.63. The fourth-order valence-corrected chi connectivity index (χ4v) is 2.63. The predicted molar refractivity (Wildman–Crippen MR) is 91.1 cm³/mol. The van der Waals surface area contributed by atoms with Gasteiger partial charge in [0.25, 0.3) is 5.91 Å². The number of carbonyl (C=O) groups is 1. The lowest BCUT2D eigenvalue weighted by atomic mass is 10.0. The minimum absolute atomic E-state index is 0.152. The van der Waals surface area contributed by atoms with Gasteiger partial charge in [-0.1, -0.05) is 42.5 Å². The molecule has 24 heavy (non-hydrogen) atoms. The highest BCUT2D eigenvalue weighted by molar-refractivity contribution is 6.12. The molecule has 0 aliphatic carbocycles. The van der Waals surface area contributed by atoms with E-state index in [1.54, 1.807) is 0 Å². The Hall–Kier alpha value is -3.54. The Morgan fingerprint density at radius 1 is 0.958 bits per heavy atom. The van der Waals surface area contributed by atoms with Crippen molar-refractivity contribution in [2.75, 3.05) is 5.32 Å². The summed E-state index contributed by atoms with van der Waals surface area (Å²) in [6.07, 6.45) is 1.51. The van der Waals surface area contributed by atoms with Crippen LogP contribution < -0.4 is 5.32 Å². The van der Waals surface area contributed by atoms with Gasteiger partial charge in [0, 0.05) is 11.3 Å². The monoisotopic (exact) mass is 315 g/mol. The van der Waals surface area contributed by atoms with Crippen molar-refractivity contribution in [1.82, 2.24) is 20.2 Å². The first-order valence-corrected chi connectivity index (χ1v) is 7.44. The van der Waals surface area contributed by atoms with Crippen molar-refractivity contribution < 1.29 is 4.79 Å². The molecule has 0 aliphatic heterocycles. The summed E-state index contributed by atoms with van der Waals surface area (Å²) in [6.45, 7) is 0. The fraction of sp³-hybridized carbons (Fsp3) is 0. The molecule has 3 aromatic carbocycles. The van der Waals surface area contributed by atoms with E-state index in [-0.39, 0.29) is 5.91 Å². The van der Waals surface area contributed by atoms with Crippen molar-refractivity contribution in [3.63, 3.8) is 0 Å². The van der Waals surface area contributed by atoms with E-state index in [1.807, 2.05) is 66.7 Å². The molecule has 1 heterocycles. The predicted octanol–water partition coefficient (Wildman–Crippen LogP) is 3.07. The topological polar surface area (TPSA) is 72.7 Å². The van der Waals surface area contributed by atoms with Gasteiger partial charge in [0.15, 0.2) is 0 Å². The van der Waals surface area contributed by atoms with E-state index in [1.165, 1.54) is 11.0 Å². The van der Waals surface area contributed by atoms with Crippen molar-refractivity contribution in [2.24, 2.45) is 0 Å². The number of nitrogens with one attached hydrogen (secondary N) is 1. The van der Waals surface area contributed by atoms with Crippen LogP contribution in [0.2, 0.25) is 0 Å². The second-order valence-electron chi connectivity index (χ2n) is 5.29. The first-order chi connectivity index (χ1) is 11.8. The highest BCUT2D eigenvalue weighted by Gasteiger charge is 2.10. The molecular formula is C18H13N5O. The van der Waals surface area contributed by atoms with Gasteiger partial charge in [-0.15, -0.1) is 5.10 Å². The highest BCUT2D eigenvalue weighted by atomic mass is 16.1. The van der Waals surface area contributed by atoms with E-state index < -0.39 is 0 Å². The number of fused-ring (bicyclic) bond motifs is 1. The number of hydrogen-bond acceptors (Lipinski definition) is 4. The van der Waals surface area contributed by atoms with Crippen LogP contribution >= 0.6 is 0 Å². The van der Waals surface area contributed by atoms with Crippen molar-refractivity contribution in [2.45, 2.75) is 0 Å². The molecule has 6 nitrogen and oxygen atoms in total. The molecule has 0 unspecified atom stereocenters. The molecule has 1 amide bonds. The van der Waals surface area contributed by atoms with Gasteiger partial charge in [0.2, 0.25) is 0 Å². The second-order valence-corrected chi connectivity index (χ2v) is 5.29. The number of nitrogens with zero attached hydrogens (tertiary/aromatic N) is 4. The van der Waals surface area contributed by atoms with Crippen LogP contribution in [0.15, 0.2) is 73.1 Å². The van der Waals surface area contributed by atoms with Gasteiger partial charge >= 0.3 is 0 Å². The van der Waals surface area contributed by atoms with E-state index in [0.717, 1.165) is 16.5 Å². The van der Waals surface area contributed by atoms with E-state index >= 15 is 0 Å². The maximum atomic E-state index is 12.7. The molecular weight excluding hydrogens is 302 g/mol. The summed E-state index contributed by atoms with van der Waals surface area (Å²) in [4.78, 5) is 12.7. The zero-order valence-corrected chi connectivity index (χ0v) is 12.6. The van der Waals surface area contributed by atoms with Crippen molar-refractivity contribution in [3.8, 4) is 5.69 Å². The average Bonchev–Trinajstić information content (AvgIpc) is 3.16. The maximum absolute atomic E-state index is 12.7. The second kappa shape index (κ2) is 5.92. The number of tetrazole rings is 1. The third-order valence-corrected chi connectivity index (χ3v) is 3.75. The first-order valence-electron chi connectivity index (χ1n) is 7.44. The van der Waals surface area contributed by atoms with Gasteiger partial charge in [0.1, 0.15) is 6.33 Å². The van der Waals surface area contributed by atoms with Gasteiger partial charge in [-0.05, 0) is 45.5 Å². The summed E-state index contributed by atoms with van der Waals surface area (Å²) < 4.78 is 1.54. The Balaban J connectivity index is 1.66. The summed E-state index contributed by atoms with van der Waals surface area (Å²) in [5, 5.41) is 16.0. The van der Waals surface area contributed by atoms with Crippen LogP contribution in [-0.4, -0.2) is 26.1 Å². The van der Waals surface area contributed by atoms with Crippen LogP contribution in [0.4, 0.5) is 5.69 Å². The molecule has 0 aliphatic rings. The van der Waals surface area contributed by atoms with Crippen LogP contribution in [0.3, 0.4) is 0 Å². The SMILES string of the molecule is O=C(Nc1cccc(-n2cnnn2)c1)c1cccc2ccccc12. The van der Waals surface area contributed by atoms with Crippen LogP contribution in [0, 0.1) is 0 Å². The van der Waals surface area contributed by atoms with E-state index in [9.17, 15) is 4.79 Å². The van der Waals surface area contributed by atoms with Crippen LogP contribution in [-0.2, 0) is 0 Å². The van der Waals surface area contributed by atoms with Crippen molar-refractivity contribution in [3.05, 3.63) is 78.6 Å². The zero-order valence-electron chi connectivity index (χ0n) is 12.6. The number of hydrogen-bond donors (Lipinski definition) is 1. The highest BCUT2D eigenvalue weighted by Crippen LogP contribution is 2.20. The van der Waals surface area contributed by atoms with E-state index in [4.69, 9.17) is 0 Å². The normalized spacial score (nSPS) is 10.7. The molecule has 4 aromatic rings. The number of anilines is 1. The van der Waals surface area contributed by atoms with Gasteiger partial charge in [-0.2, -0.15) is 0 Å². The molecule has 0 bridgehead atoms. The quantitative estimate of drug-likeness (QED) is 0.630. The van der Waals surface area contributed by atoms with E-state index in [2.05, 4.69) is 20.8 Å². The summed E-state index contributed by atoms with van der Waals surface area (Å²) >= 11 is 0. The average molecular weight is 315 g/mol. The Kier molecular flexibility index (Phi) is 3.47. The van der Waals surface area contributed by atoms with E-state index in [0.29, 0.717) is 11.3 Å². The van der Waals surface area contributed by atoms with Gasteiger partial charge in [-0.25, -0.2) is 4.68 Å². The third kappa shape index (κ3) is 2.61. The van der Waals surface area contributed by atoms with Crippen LogP contribution in [0.25, 0.3) is 16.5 Å². The molecule has 116 valence electrons. The first kappa shape index (κ1) is 14.1. The van der Waals surface area contributed by atoms with Crippen molar-refractivity contribution in [1.29, 1.82) is 0 Å². The minimum atomic E-state index is -0.152. The molecule has 1 aromatic heterocycles.